The van der Waals surface area contributed by atoms with E-state index in [1.807, 2.05) is 0 Å². The van der Waals surface area contributed by atoms with Crippen molar-refractivity contribution in [2.24, 2.45) is 5.73 Å². The lowest BCUT2D eigenvalue weighted by Gasteiger charge is -2.20. The number of carbonyl (C=O) groups is 1. The summed E-state index contributed by atoms with van der Waals surface area (Å²) in [5.74, 6) is -0.609. The highest BCUT2D eigenvalue weighted by molar-refractivity contribution is 5.98. The average molecular weight is 305 g/mol. The Morgan fingerprint density at radius 3 is 2.81 bits per heavy atom. The Labute approximate surface area is 118 Å². The molecule has 6 nitrogen and oxygen atoms in total. The molecule has 1 aromatic rings. The highest BCUT2D eigenvalue weighted by Gasteiger charge is 2.38. The van der Waals surface area contributed by atoms with Crippen molar-refractivity contribution in [3.8, 4) is 5.88 Å². The average Bonchev–Trinajstić information content (AvgIpc) is 2.85. The van der Waals surface area contributed by atoms with Gasteiger partial charge in [0.15, 0.2) is 6.61 Å². The predicted molar refractivity (Wildman–Crippen MR) is 66.8 cm³/mol. The first-order valence-corrected chi connectivity index (χ1v) is 6.12. The Balaban J connectivity index is 1.92. The first-order chi connectivity index (χ1) is 9.78. The number of amides is 1. The van der Waals surface area contributed by atoms with Crippen LogP contribution in [0.4, 0.5) is 18.9 Å². The number of alkyl halides is 3. The van der Waals surface area contributed by atoms with Crippen LogP contribution in [0.5, 0.6) is 5.88 Å². The van der Waals surface area contributed by atoms with E-state index in [2.05, 4.69) is 15.0 Å². The van der Waals surface area contributed by atoms with Crippen LogP contribution in [0, 0.1) is 0 Å². The van der Waals surface area contributed by atoms with Gasteiger partial charge in [0, 0.05) is 12.7 Å². The molecule has 116 valence electrons. The molecule has 1 fully saturated rings. The van der Waals surface area contributed by atoms with Gasteiger partial charge in [-0.15, -0.1) is 0 Å². The van der Waals surface area contributed by atoms with Crippen molar-refractivity contribution in [1.82, 2.24) is 4.98 Å². The molecule has 1 aromatic heterocycles. The summed E-state index contributed by atoms with van der Waals surface area (Å²) >= 11 is 0. The fourth-order valence-electron chi connectivity index (χ4n) is 1.71. The Morgan fingerprint density at radius 2 is 2.29 bits per heavy atom. The molecule has 0 radical (unpaired) electrons. The first kappa shape index (κ1) is 15.5. The zero-order chi connectivity index (χ0) is 15.5. The molecule has 1 atom stereocenters. The minimum absolute atomic E-state index is 0.124. The van der Waals surface area contributed by atoms with E-state index in [-0.39, 0.29) is 12.5 Å². The summed E-state index contributed by atoms with van der Waals surface area (Å²) in [5.41, 5.74) is 5.09. The zero-order valence-electron chi connectivity index (χ0n) is 10.9. The Hall–Kier alpha value is -1.87. The maximum Gasteiger partial charge on any atom is 0.422 e. The molecule has 0 aromatic carbocycles. The van der Waals surface area contributed by atoms with Crippen LogP contribution in [-0.4, -0.2) is 42.4 Å². The van der Waals surface area contributed by atoms with Crippen molar-refractivity contribution >= 4 is 11.6 Å². The van der Waals surface area contributed by atoms with Crippen molar-refractivity contribution in [3.63, 3.8) is 0 Å². The summed E-state index contributed by atoms with van der Waals surface area (Å²) < 4.78 is 45.4. The van der Waals surface area contributed by atoms with E-state index in [4.69, 9.17) is 10.5 Å². The van der Waals surface area contributed by atoms with Gasteiger partial charge in [0.25, 0.3) is 0 Å². The number of anilines is 1. The molecular formula is C12H14F3N3O3. The third-order valence-corrected chi connectivity index (χ3v) is 2.88. The second kappa shape index (κ2) is 5.86. The lowest BCUT2D eigenvalue weighted by atomic mass is 9.99. The zero-order valence-corrected chi connectivity index (χ0v) is 10.9. The number of nitrogens with one attached hydrogen (secondary N) is 1. The number of hydrogen-bond donors (Lipinski definition) is 2. The van der Waals surface area contributed by atoms with E-state index in [0.29, 0.717) is 18.7 Å². The van der Waals surface area contributed by atoms with Crippen molar-refractivity contribution in [3.05, 3.63) is 18.3 Å². The number of ether oxygens (including phenoxy) is 2. The maximum atomic E-state index is 12.0. The van der Waals surface area contributed by atoms with Crippen LogP contribution in [0.2, 0.25) is 0 Å². The highest BCUT2D eigenvalue weighted by Crippen LogP contribution is 2.20. The summed E-state index contributed by atoms with van der Waals surface area (Å²) in [6.45, 7) is -0.889. The van der Waals surface area contributed by atoms with Crippen LogP contribution in [0.3, 0.4) is 0 Å². The fourth-order valence-corrected chi connectivity index (χ4v) is 1.71. The minimum Gasteiger partial charge on any atom is -0.468 e. The van der Waals surface area contributed by atoms with Gasteiger partial charge in [-0.3, -0.25) is 4.79 Å². The Bertz CT molecular complexity index is 499. The van der Waals surface area contributed by atoms with Gasteiger partial charge in [-0.25, -0.2) is 4.98 Å². The Kier molecular flexibility index (Phi) is 4.33. The molecule has 0 bridgehead atoms. The molecule has 2 heterocycles. The largest absolute Gasteiger partial charge is 0.468 e. The van der Waals surface area contributed by atoms with E-state index in [1.54, 1.807) is 0 Å². The molecule has 0 spiro atoms. The molecule has 1 unspecified atom stereocenters. The molecule has 2 rings (SSSR count). The standard InChI is InChI=1S/C12H14F3N3O3/c13-12(14,15)7-21-9-2-1-8(5-17-9)18-10(19)11(16)3-4-20-6-11/h1-2,5H,3-4,6-7,16H2,(H,18,19). The topological polar surface area (TPSA) is 86.5 Å². The van der Waals surface area contributed by atoms with Gasteiger partial charge in [-0.2, -0.15) is 13.2 Å². The maximum absolute atomic E-state index is 12.0. The van der Waals surface area contributed by atoms with Crippen molar-refractivity contribution in [2.75, 3.05) is 25.1 Å². The molecule has 0 aliphatic carbocycles. The number of hydrogen-bond acceptors (Lipinski definition) is 5. The summed E-state index contributed by atoms with van der Waals surface area (Å²) in [4.78, 5) is 15.6. The third kappa shape index (κ3) is 4.30. The molecule has 9 heteroatoms. The number of halogens is 3. The third-order valence-electron chi connectivity index (χ3n) is 2.88. The lowest BCUT2D eigenvalue weighted by Crippen LogP contribution is -2.51. The number of rotatable bonds is 4. The molecule has 1 amide bonds. The van der Waals surface area contributed by atoms with Crippen LogP contribution < -0.4 is 15.8 Å². The predicted octanol–water partition coefficient (Wildman–Crippen LogP) is 1.08. The van der Waals surface area contributed by atoms with E-state index in [1.165, 1.54) is 18.3 Å². The smallest absolute Gasteiger partial charge is 0.422 e. The van der Waals surface area contributed by atoms with Crippen molar-refractivity contribution in [2.45, 2.75) is 18.1 Å². The molecule has 0 saturated carbocycles. The second-order valence-corrected chi connectivity index (χ2v) is 4.70. The second-order valence-electron chi connectivity index (χ2n) is 4.70. The lowest BCUT2D eigenvalue weighted by molar-refractivity contribution is -0.154. The Morgan fingerprint density at radius 1 is 1.52 bits per heavy atom. The fraction of sp³-hybridized carbons (Fsp3) is 0.500. The van der Waals surface area contributed by atoms with Gasteiger partial charge in [-0.1, -0.05) is 0 Å². The number of nitrogens with zero attached hydrogens (tertiary/aromatic N) is 1. The quantitative estimate of drug-likeness (QED) is 0.869. The summed E-state index contributed by atoms with van der Waals surface area (Å²) in [6, 6.07) is 2.62. The van der Waals surface area contributed by atoms with Crippen LogP contribution >= 0.6 is 0 Å². The molecular weight excluding hydrogens is 291 g/mol. The molecule has 1 aliphatic rings. The van der Waals surface area contributed by atoms with Crippen LogP contribution in [0.25, 0.3) is 0 Å². The van der Waals surface area contributed by atoms with Gasteiger partial charge in [-0.05, 0) is 12.5 Å². The number of pyridine rings is 1. The number of carbonyl (C=O) groups excluding carboxylic acids is 1. The van der Waals surface area contributed by atoms with Gasteiger partial charge >= 0.3 is 6.18 Å². The van der Waals surface area contributed by atoms with Gasteiger partial charge in [0.2, 0.25) is 11.8 Å². The number of nitrogens with two attached hydrogens (primary N) is 1. The normalized spacial score (nSPS) is 22.1. The van der Waals surface area contributed by atoms with Crippen LogP contribution in [0.1, 0.15) is 6.42 Å². The molecule has 3 N–H and O–H groups in total. The van der Waals surface area contributed by atoms with Gasteiger partial charge < -0.3 is 20.5 Å². The van der Waals surface area contributed by atoms with E-state index in [9.17, 15) is 18.0 Å². The van der Waals surface area contributed by atoms with Gasteiger partial charge in [0.1, 0.15) is 5.54 Å². The number of aromatic nitrogens is 1. The summed E-state index contributed by atoms with van der Waals surface area (Å²) in [6.07, 6.45) is -2.83. The van der Waals surface area contributed by atoms with Crippen molar-refractivity contribution in [1.29, 1.82) is 0 Å². The molecule has 1 aliphatic heterocycles. The summed E-state index contributed by atoms with van der Waals surface area (Å²) in [5, 5.41) is 2.54. The monoisotopic (exact) mass is 305 g/mol. The first-order valence-electron chi connectivity index (χ1n) is 6.12. The van der Waals surface area contributed by atoms with E-state index < -0.39 is 24.2 Å². The molecule has 21 heavy (non-hydrogen) atoms. The van der Waals surface area contributed by atoms with E-state index in [0.717, 1.165) is 0 Å². The van der Waals surface area contributed by atoms with Crippen LogP contribution in [-0.2, 0) is 9.53 Å². The van der Waals surface area contributed by atoms with Crippen LogP contribution in [0.15, 0.2) is 18.3 Å². The SMILES string of the molecule is NC1(C(=O)Nc2ccc(OCC(F)(F)F)nc2)CCOC1. The molecule has 1 saturated heterocycles. The van der Waals surface area contributed by atoms with Gasteiger partial charge in [0.05, 0.1) is 18.5 Å². The highest BCUT2D eigenvalue weighted by atomic mass is 19.4. The van der Waals surface area contributed by atoms with E-state index >= 15 is 0 Å². The van der Waals surface area contributed by atoms with Crippen molar-refractivity contribution < 1.29 is 27.4 Å². The summed E-state index contributed by atoms with van der Waals surface area (Å²) in [7, 11) is 0. The minimum atomic E-state index is -4.43.